The molecule has 0 aliphatic carbocycles. The van der Waals surface area contributed by atoms with Crippen LogP contribution in [0.15, 0.2) is 41.8 Å². The first-order valence-electron chi connectivity index (χ1n) is 9.69. The number of carbonyl (C=O) groups is 1. The van der Waals surface area contributed by atoms with E-state index >= 15 is 0 Å². The van der Waals surface area contributed by atoms with Crippen LogP contribution < -0.4 is 9.64 Å². The molecule has 2 aliphatic heterocycles. The number of anilines is 1. The number of rotatable bonds is 5. The lowest BCUT2D eigenvalue weighted by Crippen LogP contribution is -2.51. The predicted octanol–water partition coefficient (Wildman–Crippen LogP) is 3.24. The summed E-state index contributed by atoms with van der Waals surface area (Å²) in [5, 5.41) is 2.13. The molecule has 0 unspecified atom stereocenters. The van der Waals surface area contributed by atoms with Gasteiger partial charge < -0.3 is 14.5 Å². The molecule has 1 aromatic heterocycles. The number of benzene rings is 1. The topological polar surface area (TPSA) is 36.0 Å². The molecule has 2 aromatic rings. The number of hydrogen-bond acceptors (Lipinski definition) is 5. The van der Waals surface area contributed by atoms with Gasteiger partial charge in [-0.1, -0.05) is 18.2 Å². The van der Waals surface area contributed by atoms with Crippen LogP contribution in [0.4, 0.5) is 5.69 Å². The van der Waals surface area contributed by atoms with E-state index in [9.17, 15) is 4.79 Å². The van der Waals surface area contributed by atoms with Crippen molar-refractivity contribution in [3.05, 3.63) is 46.7 Å². The first-order chi connectivity index (χ1) is 13.3. The predicted molar refractivity (Wildman–Crippen MR) is 110 cm³/mol. The number of thiophene rings is 1. The Morgan fingerprint density at radius 3 is 2.67 bits per heavy atom. The Hall–Kier alpha value is -2.05. The van der Waals surface area contributed by atoms with Crippen LogP contribution in [0, 0.1) is 0 Å². The Balaban J connectivity index is 1.33. The standard InChI is InChI=1S/C21H27N3O2S/c1-26-19-8-3-2-6-17(19)22-11-13-23(14-12-22)21(25)16-24-10-4-7-18(24)20-9-5-15-27-20/h2-3,5-6,8-9,15,18H,4,7,10-14,16H2,1H3/t18-/m1/s1. The van der Waals surface area contributed by atoms with Crippen molar-refractivity contribution in [3.63, 3.8) is 0 Å². The van der Waals surface area contributed by atoms with Gasteiger partial charge in [0.15, 0.2) is 0 Å². The third-order valence-electron chi connectivity index (χ3n) is 5.63. The molecule has 2 saturated heterocycles. The fraction of sp³-hybridized carbons (Fsp3) is 0.476. The zero-order chi connectivity index (χ0) is 18.6. The number of amides is 1. The Labute approximate surface area is 165 Å². The maximum absolute atomic E-state index is 12.9. The molecular weight excluding hydrogens is 358 g/mol. The second-order valence-corrected chi connectivity index (χ2v) is 8.16. The maximum Gasteiger partial charge on any atom is 0.236 e. The zero-order valence-corrected chi connectivity index (χ0v) is 16.7. The minimum atomic E-state index is 0.262. The molecule has 4 rings (SSSR count). The van der Waals surface area contributed by atoms with Crippen LogP contribution in [0.2, 0.25) is 0 Å². The van der Waals surface area contributed by atoms with E-state index in [0.717, 1.165) is 50.6 Å². The van der Waals surface area contributed by atoms with E-state index in [0.29, 0.717) is 12.6 Å². The van der Waals surface area contributed by atoms with Gasteiger partial charge in [0, 0.05) is 37.1 Å². The summed E-state index contributed by atoms with van der Waals surface area (Å²) in [6.07, 6.45) is 2.34. The first kappa shape index (κ1) is 18.3. The fourth-order valence-electron chi connectivity index (χ4n) is 4.18. The van der Waals surface area contributed by atoms with E-state index in [1.807, 2.05) is 23.1 Å². The van der Waals surface area contributed by atoms with E-state index in [4.69, 9.17) is 4.74 Å². The maximum atomic E-state index is 12.9. The van der Waals surface area contributed by atoms with Gasteiger partial charge in [-0.05, 0) is 43.0 Å². The van der Waals surface area contributed by atoms with Gasteiger partial charge in [-0.2, -0.15) is 0 Å². The van der Waals surface area contributed by atoms with Crippen LogP contribution in [0.5, 0.6) is 5.75 Å². The Bertz CT molecular complexity index is 757. The number of likely N-dealkylation sites (tertiary alicyclic amines) is 1. The van der Waals surface area contributed by atoms with Crippen molar-refractivity contribution in [3.8, 4) is 5.75 Å². The lowest BCUT2D eigenvalue weighted by Gasteiger charge is -2.37. The van der Waals surface area contributed by atoms with E-state index in [1.165, 1.54) is 11.3 Å². The van der Waals surface area contributed by atoms with Gasteiger partial charge in [-0.15, -0.1) is 11.3 Å². The molecular formula is C21H27N3O2S. The van der Waals surface area contributed by atoms with Crippen LogP contribution in [-0.4, -0.2) is 62.1 Å². The molecule has 2 fully saturated rings. The lowest BCUT2D eigenvalue weighted by atomic mass is 10.2. The molecule has 2 aliphatic rings. The van der Waals surface area contributed by atoms with Gasteiger partial charge in [0.05, 0.1) is 19.3 Å². The molecule has 1 atom stereocenters. The molecule has 0 bridgehead atoms. The summed E-state index contributed by atoms with van der Waals surface area (Å²) in [5.74, 6) is 1.16. The van der Waals surface area contributed by atoms with Gasteiger partial charge in [-0.25, -0.2) is 0 Å². The molecule has 6 heteroatoms. The summed E-state index contributed by atoms with van der Waals surface area (Å²) >= 11 is 1.80. The van der Waals surface area contributed by atoms with Crippen molar-refractivity contribution in [1.29, 1.82) is 0 Å². The van der Waals surface area contributed by atoms with E-state index in [-0.39, 0.29) is 5.91 Å². The van der Waals surface area contributed by atoms with Gasteiger partial charge >= 0.3 is 0 Å². The second kappa shape index (κ2) is 8.31. The van der Waals surface area contributed by atoms with Crippen LogP contribution in [0.1, 0.15) is 23.8 Å². The molecule has 1 amide bonds. The molecule has 3 heterocycles. The van der Waals surface area contributed by atoms with E-state index in [2.05, 4.69) is 33.4 Å². The number of hydrogen-bond donors (Lipinski definition) is 0. The third kappa shape index (κ3) is 3.96. The highest BCUT2D eigenvalue weighted by atomic mass is 32.1. The van der Waals surface area contributed by atoms with Gasteiger partial charge in [0.1, 0.15) is 5.75 Å². The number of para-hydroxylation sites is 2. The summed E-state index contributed by atoms with van der Waals surface area (Å²) in [5.41, 5.74) is 1.12. The fourth-order valence-corrected chi connectivity index (χ4v) is 5.08. The number of piperazine rings is 1. The van der Waals surface area contributed by atoms with Gasteiger partial charge in [0.2, 0.25) is 5.91 Å². The van der Waals surface area contributed by atoms with Crippen LogP contribution >= 0.6 is 11.3 Å². The molecule has 0 radical (unpaired) electrons. The summed E-state index contributed by atoms with van der Waals surface area (Å²) in [6.45, 7) is 4.80. The number of ether oxygens (including phenoxy) is 1. The van der Waals surface area contributed by atoms with Crippen molar-refractivity contribution < 1.29 is 9.53 Å². The number of nitrogens with zero attached hydrogens (tertiary/aromatic N) is 3. The van der Waals surface area contributed by atoms with Crippen LogP contribution in [0.3, 0.4) is 0 Å². The molecule has 0 saturated carbocycles. The highest BCUT2D eigenvalue weighted by Crippen LogP contribution is 2.34. The van der Waals surface area contributed by atoms with Crippen molar-refractivity contribution in [2.75, 3.05) is 51.3 Å². The van der Waals surface area contributed by atoms with Crippen molar-refractivity contribution in [2.24, 2.45) is 0 Å². The first-order valence-corrected chi connectivity index (χ1v) is 10.6. The molecule has 0 spiro atoms. The van der Waals surface area contributed by atoms with E-state index in [1.54, 1.807) is 18.4 Å². The average molecular weight is 386 g/mol. The second-order valence-electron chi connectivity index (χ2n) is 7.18. The average Bonchev–Trinajstić information content (AvgIpc) is 3.39. The smallest absolute Gasteiger partial charge is 0.236 e. The normalized spacial score (nSPS) is 20.9. The molecule has 0 N–H and O–H groups in total. The minimum absolute atomic E-state index is 0.262. The summed E-state index contributed by atoms with van der Waals surface area (Å²) < 4.78 is 5.48. The zero-order valence-electron chi connectivity index (χ0n) is 15.8. The van der Waals surface area contributed by atoms with E-state index < -0.39 is 0 Å². The molecule has 144 valence electrons. The number of methoxy groups -OCH3 is 1. The SMILES string of the molecule is COc1ccccc1N1CCN(C(=O)CN2CCC[C@@H]2c2cccs2)CC1. The molecule has 5 nitrogen and oxygen atoms in total. The van der Waals surface area contributed by atoms with Gasteiger partial charge in [0.25, 0.3) is 0 Å². The minimum Gasteiger partial charge on any atom is -0.495 e. The highest BCUT2D eigenvalue weighted by Gasteiger charge is 2.30. The van der Waals surface area contributed by atoms with Crippen LogP contribution in [-0.2, 0) is 4.79 Å². The van der Waals surface area contributed by atoms with Crippen molar-refractivity contribution in [1.82, 2.24) is 9.80 Å². The van der Waals surface area contributed by atoms with Crippen LogP contribution in [0.25, 0.3) is 0 Å². The largest absolute Gasteiger partial charge is 0.495 e. The quantitative estimate of drug-likeness (QED) is 0.792. The van der Waals surface area contributed by atoms with Crippen molar-refractivity contribution >= 4 is 22.9 Å². The van der Waals surface area contributed by atoms with Gasteiger partial charge in [-0.3, -0.25) is 9.69 Å². The third-order valence-corrected chi connectivity index (χ3v) is 6.61. The molecule has 27 heavy (non-hydrogen) atoms. The Kier molecular flexibility index (Phi) is 5.64. The summed E-state index contributed by atoms with van der Waals surface area (Å²) in [6, 6.07) is 12.8. The summed E-state index contributed by atoms with van der Waals surface area (Å²) in [7, 11) is 1.71. The molecule has 1 aromatic carbocycles. The Morgan fingerprint density at radius 2 is 1.93 bits per heavy atom. The number of carbonyl (C=O) groups excluding carboxylic acids is 1. The Morgan fingerprint density at radius 1 is 1.11 bits per heavy atom. The summed E-state index contributed by atoms with van der Waals surface area (Å²) in [4.78, 5) is 21.0. The monoisotopic (exact) mass is 385 g/mol. The highest BCUT2D eigenvalue weighted by molar-refractivity contribution is 7.10. The van der Waals surface area contributed by atoms with Crippen molar-refractivity contribution in [2.45, 2.75) is 18.9 Å². The lowest BCUT2D eigenvalue weighted by molar-refractivity contribution is -0.132.